The van der Waals surface area contributed by atoms with Gasteiger partial charge in [-0.1, -0.05) is 28.1 Å². The molecule has 1 aliphatic rings. The Morgan fingerprint density at radius 1 is 1.57 bits per heavy atom. The van der Waals surface area contributed by atoms with Crippen molar-refractivity contribution in [3.05, 3.63) is 34.3 Å². The second-order valence-electron chi connectivity index (χ2n) is 3.62. The van der Waals surface area contributed by atoms with Crippen LogP contribution in [0.15, 0.2) is 28.7 Å². The van der Waals surface area contributed by atoms with Crippen molar-refractivity contribution >= 4 is 21.8 Å². The van der Waals surface area contributed by atoms with Crippen LogP contribution in [0.5, 0.6) is 0 Å². The molecule has 2 rings (SSSR count). The van der Waals surface area contributed by atoms with E-state index in [4.69, 9.17) is 0 Å². The van der Waals surface area contributed by atoms with Gasteiger partial charge >= 0.3 is 0 Å². The zero-order chi connectivity index (χ0) is 10.1. The van der Waals surface area contributed by atoms with Crippen molar-refractivity contribution in [3.63, 3.8) is 0 Å². The molecule has 0 aromatic heterocycles. The number of hydrogen-bond donors (Lipinski definition) is 1. The normalized spacial score (nSPS) is 24.4. The second-order valence-corrected chi connectivity index (χ2v) is 4.53. The van der Waals surface area contributed by atoms with Gasteiger partial charge in [0.25, 0.3) is 0 Å². The molecule has 1 aliphatic carbocycles. The molecule has 1 N–H and O–H groups in total. The molecule has 0 spiro atoms. The van der Waals surface area contributed by atoms with Crippen molar-refractivity contribution in [2.24, 2.45) is 5.92 Å². The molecule has 0 unspecified atom stereocenters. The van der Waals surface area contributed by atoms with Gasteiger partial charge in [0, 0.05) is 17.4 Å². The first-order valence-corrected chi connectivity index (χ1v) is 5.48. The van der Waals surface area contributed by atoms with Gasteiger partial charge in [-0.3, -0.25) is 4.79 Å². The highest BCUT2D eigenvalue weighted by atomic mass is 79.9. The summed E-state index contributed by atoms with van der Waals surface area (Å²) in [5.41, 5.74) is 1.26. The summed E-state index contributed by atoms with van der Waals surface area (Å²) in [5, 5.41) is 2.69. The maximum Gasteiger partial charge on any atom is 0.223 e. The largest absolute Gasteiger partial charge is 0.359 e. The van der Waals surface area contributed by atoms with E-state index >= 15 is 0 Å². The predicted molar refractivity (Wildman–Crippen MR) is 59.1 cm³/mol. The van der Waals surface area contributed by atoms with E-state index in [1.807, 2.05) is 12.1 Å². The third-order valence-corrected chi connectivity index (χ3v) is 3.14. The molecule has 1 amide bonds. The average Bonchev–Trinajstić information content (AvgIpc) is 2.96. The third kappa shape index (κ3) is 1.82. The van der Waals surface area contributed by atoms with Crippen LogP contribution in [0.1, 0.15) is 17.9 Å². The fourth-order valence-corrected chi connectivity index (χ4v) is 2.19. The maximum absolute atomic E-state index is 11.3. The number of rotatable bonds is 2. The van der Waals surface area contributed by atoms with Crippen LogP contribution in [0, 0.1) is 5.92 Å². The quantitative estimate of drug-likeness (QED) is 0.862. The van der Waals surface area contributed by atoms with Gasteiger partial charge in [0.1, 0.15) is 0 Å². The SMILES string of the molecule is CNC(=O)[C@@H]1C[C@@H]1c1cccc(Br)c1. The Kier molecular flexibility index (Phi) is 2.59. The molecule has 1 fully saturated rings. The van der Waals surface area contributed by atoms with E-state index in [1.165, 1.54) is 5.56 Å². The van der Waals surface area contributed by atoms with Crippen molar-refractivity contribution in [3.8, 4) is 0 Å². The van der Waals surface area contributed by atoms with Gasteiger partial charge < -0.3 is 5.32 Å². The molecule has 0 radical (unpaired) electrons. The first-order chi connectivity index (χ1) is 6.72. The topological polar surface area (TPSA) is 29.1 Å². The Labute approximate surface area is 91.8 Å². The molecule has 3 heteroatoms. The minimum atomic E-state index is 0.162. The smallest absolute Gasteiger partial charge is 0.223 e. The molecule has 1 aromatic rings. The van der Waals surface area contributed by atoms with E-state index in [1.54, 1.807) is 7.05 Å². The Balaban J connectivity index is 2.09. The molecule has 1 saturated carbocycles. The lowest BCUT2D eigenvalue weighted by Crippen LogP contribution is -2.20. The molecular weight excluding hydrogens is 242 g/mol. The van der Waals surface area contributed by atoms with Gasteiger partial charge in [-0.25, -0.2) is 0 Å². The predicted octanol–water partition coefficient (Wildman–Crippen LogP) is 2.30. The van der Waals surface area contributed by atoms with E-state index in [9.17, 15) is 4.79 Å². The molecule has 0 aliphatic heterocycles. The van der Waals surface area contributed by atoms with Gasteiger partial charge in [0.15, 0.2) is 0 Å². The molecule has 1 aromatic carbocycles. The van der Waals surface area contributed by atoms with Crippen LogP contribution in [-0.2, 0) is 4.79 Å². The molecular formula is C11H12BrNO. The summed E-state index contributed by atoms with van der Waals surface area (Å²) in [7, 11) is 1.69. The van der Waals surface area contributed by atoms with Gasteiger partial charge in [0.05, 0.1) is 0 Å². The highest BCUT2D eigenvalue weighted by Crippen LogP contribution is 2.47. The van der Waals surface area contributed by atoms with Crippen LogP contribution in [-0.4, -0.2) is 13.0 Å². The Morgan fingerprint density at radius 2 is 2.36 bits per heavy atom. The Bertz CT molecular complexity index is 364. The first kappa shape index (κ1) is 9.71. The average molecular weight is 254 g/mol. The first-order valence-electron chi connectivity index (χ1n) is 4.69. The molecule has 0 heterocycles. The van der Waals surface area contributed by atoms with Gasteiger partial charge in [0.2, 0.25) is 5.91 Å². The number of halogens is 1. The third-order valence-electron chi connectivity index (χ3n) is 2.65. The standard InChI is InChI=1S/C11H12BrNO/c1-13-11(14)10-6-9(10)7-3-2-4-8(12)5-7/h2-5,9-10H,6H2,1H3,(H,13,14)/t9-,10-/m1/s1. The lowest BCUT2D eigenvalue weighted by atomic mass is 10.1. The fraction of sp³-hybridized carbons (Fsp3) is 0.364. The van der Waals surface area contributed by atoms with Crippen LogP contribution in [0.25, 0.3) is 0 Å². The zero-order valence-electron chi connectivity index (χ0n) is 7.96. The van der Waals surface area contributed by atoms with Gasteiger partial charge in [-0.2, -0.15) is 0 Å². The van der Waals surface area contributed by atoms with E-state index in [2.05, 4.69) is 33.4 Å². The Morgan fingerprint density at radius 3 is 3.00 bits per heavy atom. The highest BCUT2D eigenvalue weighted by Gasteiger charge is 2.43. The Hall–Kier alpha value is -0.830. The summed E-state index contributed by atoms with van der Waals surface area (Å²) in [6.45, 7) is 0. The molecule has 2 nitrogen and oxygen atoms in total. The molecule has 14 heavy (non-hydrogen) atoms. The van der Waals surface area contributed by atoms with E-state index in [0.29, 0.717) is 5.92 Å². The number of nitrogens with one attached hydrogen (secondary N) is 1. The lowest BCUT2D eigenvalue weighted by molar-refractivity contribution is -0.121. The van der Waals surface area contributed by atoms with Gasteiger partial charge in [-0.05, 0) is 30.0 Å². The van der Waals surface area contributed by atoms with E-state index in [-0.39, 0.29) is 11.8 Å². The second kappa shape index (κ2) is 3.73. The fourth-order valence-electron chi connectivity index (χ4n) is 1.78. The molecule has 74 valence electrons. The minimum absolute atomic E-state index is 0.162. The summed E-state index contributed by atoms with van der Waals surface area (Å²) >= 11 is 3.43. The van der Waals surface area contributed by atoms with Crippen molar-refractivity contribution in [1.82, 2.24) is 5.32 Å². The number of carbonyl (C=O) groups excluding carboxylic acids is 1. The highest BCUT2D eigenvalue weighted by molar-refractivity contribution is 9.10. The summed E-state index contributed by atoms with van der Waals surface area (Å²) in [6.07, 6.45) is 0.982. The summed E-state index contributed by atoms with van der Waals surface area (Å²) in [4.78, 5) is 11.3. The van der Waals surface area contributed by atoms with E-state index in [0.717, 1.165) is 10.9 Å². The molecule has 2 atom stereocenters. The number of carbonyl (C=O) groups is 1. The summed E-state index contributed by atoms with van der Waals surface area (Å²) < 4.78 is 1.08. The monoisotopic (exact) mass is 253 g/mol. The van der Waals surface area contributed by atoms with Crippen LogP contribution in [0.3, 0.4) is 0 Å². The molecule has 0 bridgehead atoms. The van der Waals surface area contributed by atoms with Crippen molar-refractivity contribution in [2.75, 3.05) is 7.05 Å². The number of amides is 1. The lowest BCUT2D eigenvalue weighted by Gasteiger charge is -2.00. The van der Waals surface area contributed by atoms with Gasteiger partial charge in [-0.15, -0.1) is 0 Å². The van der Waals surface area contributed by atoms with Crippen LogP contribution in [0.2, 0.25) is 0 Å². The van der Waals surface area contributed by atoms with Crippen LogP contribution < -0.4 is 5.32 Å². The van der Waals surface area contributed by atoms with Crippen molar-refractivity contribution < 1.29 is 4.79 Å². The minimum Gasteiger partial charge on any atom is -0.359 e. The zero-order valence-corrected chi connectivity index (χ0v) is 9.54. The summed E-state index contributed by atoms with van der Waals surface area (Å²) in [5.74, 6) is 0.775. The van der Waals surface area contributed by atoms with Crippen LogP contribution >= 0.6 is 15.9 Å². The molecule has 0 saturated heterocycles. The van der Waals surface area contributed by atoms with Crippen molar-refractivity contribution in [1.29, 1.82) is 0 Å². The van der Waals surface area contributed by atoms with Crippen LogP contribution in [0.4, 0.5) is 0 Å². The van der Waals surface area contributed by atoms with E-state index < -0.39 is 0 Å². The maximum atomic E-state index is 11.3. The van der Waals surface area contributed by atoms with Crippen molar-refractivity contribution in [2.45, 2.75) is 12.3 Å². The number of benzene rings is 1. The number of hydrogen-bond acceptors (Lipinski definition) is 1. The summed E-state index contributed by atoms with van der Waals surface area (Å²) in [6, 6.07) is 8.19.